The molecule has 0 amide bonds. The van der Waals surface area contributed by atoms with Crippen molar-refractivity contribution in [2.24, 2.45) is 17.6 Å². The minimum absolute atomic E-state index is 0. The van der Waals surface area contributed by atoms with Crippen LogP contribution in [0.5, 0.6) is 0 Å². The van der Waals surface area contributed by atoms with Crippen molar-refractivity contribution in [3.8, 4) is 0 Å². The van der Waals surface area contributed by atoms with Crippen LogP contribution in [0.4, 0.5) is 0 Å². The van der Waals surface area contributed by atoms with Gasteiger partial charge in [-0.05, 0) is 24.8 Å². The molecule has 22 heavy (non-hydrogen) atoms. The molecule has 1 aliphatic heterocycles. The number of nitrogens with two attached hydrogens (primary N) is 1. The fourth-order valence-corrected chi connectivity index (χ4v) is 2.75. The molecule has 0 aliphatic carbocycles. The van der Waals surface area contributed by atoms with E-state index in [0.717, 1.165) is 6.42 Å². The number of hydrogen-bond donors (Lipinski definition) is 1. The maximum Gasteiger partial charge on any atom is 0.325 e. The highest BCUT2D eigenvalue weighted by Crippen LogP contribution is 2.25. The zero-order valence-corrected chi connectivity index (χ0v) is 13.6. The smallest absolute Gasteiger partial charge is 0.325 e. The molecule has 4 atom stereocenters. The van der Waals surface area contributed by atoms with Gasteiger partial charge in [-0.1, -0.05) is 36.4 Å². The van der Waals surface area contributed by atoms with Crippen molar-refractivity contribution >= 4 is 18.4 Å². The molecule has 2 rings (SSSR count). The molecule has 0 spiro atoms. The maximum absolute atomic E-state index is 11.8. The molecule has 2 N–H and O–H groups in total. The Hall–Kier alpha value is -1.36. The van der Waals surface area contributed by atoms with Crippen LogP contribution >= 0.6 is 12.4 Å². The van der Waals surface area contributed by atoms with E-state index in [4.69, 9.17) is 15.2 Å². The third kappa shape index (κ3) is 4.83. The second-order valence-electron chi connectivity index (χ2n) is 5.55. The highest BCUT2D eigenvalue weighted by atomic mass is 35.5. The second kappa shape index (κ2) is 8.93. The number of esters is 1. The molecular formula is C17H24ClNO3. The van der Waals surface area contributed by atoms with Gasteiger partial charge in [-0.2, -0.15) is 0 Å². The summed E-state index contributed by atoms with van der Waals surface area (Å²) in [5.74, 6) is -0.160. The average Bonchev–Trinajstić information content (AvgIpc) is 2.52. The van der Waals surface area contributed by atoms with Gasteiger partial charge in [0.05, 0.1) is 13.2 Å². The molecule has 0 radical (unpaired) electrons. The molecule has 1 heterocycles. The molecule has 1 aliphatic rings. The van der Waals surface area contributed by atoms with Crippen molar-refractivity contribution in [2.75, 3.05) is 13.2 Å². The highest BCUT2D eigenvalue weighted by molar-refractivity contribution is 5.85. The van der Waals surface area contributed by atoms with Crippen molar-refractivity contribution in [1.82, 2.24) is 0 Å². The first-order chi connectivity index (χ1) is 10.1. The lowest BCUT2D eigenvalue weighted by atomic mass is 9.84. The largest absolute Gasteiger partial charge is 0.461 e. The number of rotatable bonds is 3. The van der Waals surface area contributed by atoms with Crippen molar-refractivity contribution in [3.05, 3.63) is 48.6 Å². The molecule has 1 aromatic rings. The SMILES string of the molecule is C=C[C@@H]1[C@@H](Cc2ccccc2)COC[C@H](N)C(=O)O[C@H]1C.Cl. The first-order valence-corrected chi connectivity index (χ1v) is 7.32. The Morgan fingerprint density at radius 3 is 2.64 bits per heavy atom. The molecule has 122 valence electrons. The number of carbonyl (C=O) groups excluding carboxylic acids is 1. The third-order valence-electron chi connectivity index (χ3n) is 3.93. The fraction of sp³-hybridized carbons (Fsp3) is 0.471. The van der Waals surface area contributed by atoms with Gasteiger partial charge in [0.2, 0.25) is 0 Å². The lowest BCUT2D eigenvalue weighted by Crippen LogP contribution is -2.38. The lowest BCUT2D eigenvalue weighted by Gasteiger charge is -2.28. The van der Waals surface area contributed by atoms with Gasteiger partial charge < -0.3 is 15.2 Å². The van der Waals surface area contributed by atoms with Crippen molar-refractivity contribution in [2.45, 2.75) is 25.5 Å². The number of benzene rings is 1. The van der Waals surface area contributed by atoms with Crippen molar-refractivity contribution in [1.29, 1.82) is 0 Å². The Kier molecular flexibility index (Phi) is 7.59. The number of hydrogen-bond acceptors (Lipinski definition) is 4. The summed E-state index contributed by atoms with van der Waals surface area (Å²) in [5, 5.41) is 0. The molecule has 0 saturated carbocycles. The van der Waals surface area contributed by atoms with Gasteiger partial charge in [0.25, 0.3) is 0 Å². The summed E-state index contributed by atoms with van der Waals surface area (Å²) < 4.78 is 11.1. The van der Waals surface area contributed by atoms with E-state index in [1.54, 1.807) is 0 Å². The summed E-state index contributed by atoms with van der Waals surface area (Å²) in [4.78, 5) is 11.8. The van der Waals surface area contributed by atoms with Crippen LogP contribution in [0.25, 0.3) is 0 Å². The number of halogens is 1. The summed E-state index contributed by atoms with van der Waals surface area (Å²) in [6.45, 7) is 6.52. The molecule has 0 unspecified atom stereocenters. The van der Waals surface area contributed by atoms with Crippen LogP contribution in [0.2, 0.25) is 0 Å². The molecule has 5 heteroatoms. The zero-order valence-electron chi connectivity index (χ0n) is 12.8. The van der Waals surface area contributed by atoms with E-state index in [2.05, 4.69) is 18.7 Å². The van der Waals surface area contributed by atoms with E-state index in [1.165, 1.54) is 5.56 Å². The Balaban J connectivity index is 0.00000242. The Labute approximate surface area is 138 Å². The van der Waals surface area contributed by atoms with Crippen LogP contribution in [0, 0.1) is 11.8 Å². The van der Waals surface area contributed by atoms with Gasteiger partial charge >= 0.3 is 5.97 Å². The summed E-state index contributed by atoms with van der Waals surface area (Å²) in [6, 6.07) is 9.51. The topological polar surface area (TPSA) is 61.5 Å². The highest BCUT2D eigenvalue weighted by Gasteiger charge is 2.31. The normalized spacial score (nSPS) is 29.3. The summed E-state index contributed by atoms with van der Waals surface area (Å²) in [6.07, 6.45) is 2.46. The first kappa shape index (κ1) is 18.7. The van der Waals surface area contributed by atoms with E-state index in [-0.39, 0.29) is 37.0 Å². The molecular weight excluding hydrogens is 302 g/mol. The average molecular weight is 326 g/mol. The molecule has 1 fully saturated rings. The van der Waals surface area contributed by atoms with Crippen LogP contribution in [-0.4, -0.2) is 31.3 Å². The van der Waals surface area contributed by atoms with Gasteiger partial charge in [-0.15, -0.1) is 19.0 Å². The molecule has 1 aromatic carbocycles. The van der Waals surface area contributed by atoms with Crippen LogP contribution in [-0.2, 0) is 20.7 Å². The quantitative estimate of drug-likeness (QED) is 0.684. The van der Waals surface area contributed by atoms with E-state index < -0.39 is 12.0 Å². The summed E-state index contributed by atoms with van der Waals surface area (Å²) in [5.41, 5.74) is 6.98. The Bertz CT molecular complexity index is 480. The van der Waals surface area contributed by atoms with Crippen LogP contribution < -0.4 is 5.73 Å². The molecule has 1 saturated heterocycles. The molecule has 4 nitrogen and oxygen atoms in total. The van der Waals surface area contributed by atoms with Gasteiger partial charge in [0.15, 0.2) is 0 Å². The minimum Gasteiger partial charge on any atom is -0.461 e. The molecule has 0 bridgehead atoms. The first-order valence-electron chi connectivity index (χ1n) is 7.32. The zero-order chi connectivity index (χ0) is 15.2. The van der Waals surface area contributed by atoms with Gasteiger partial charge in [0, 0.05) is 5.92 Å². The predicted octanol–water partition coefficient (Wildman–Crippen LogP) is 2.36. The van der Waals surface area contributed by atoms with Crippen molar-refractivity contribution in [3.63, 3.8) is 0 Å². The monoisotopic (exact) mass is 325 g/mol. The van der Waals surface area contributed by atoms with Crippen LogP contribution in [0.1, 0.15) is 12.5 Å². The van der Waals surface area contributed by atoms with Gasteiger partial charge in [-0.25, -0.2) is 0 Å². The summed E-state index contributed by atoms with van der Waals surface area (Å²) >= 11 is 0. The van der Waals surface area contributed by atoms with Crippen LogP contribution in [0.15, 0.2) is 43.0 Å². The number of ether oxygens (including phenoxy) is 2. The fourth-order valence-electron chi connectivity index (χ4n) is 2.75. The Morgan fingerprint density at radius 2 is 2.00 bits per heavy atom. The maximum atomic E-state index is 11.8. The predicted molar refractivity (Wildman–Crippen MR) is 88.9 cm³/mol. The second-order valence-corrected chi connectivity index (χ2v) is 5.55. The number of cyclic esters (lactones) is 1. The summed E-state index contributed by atoms with van der Waals surface area (Å²) in [7, 11) is 0. The Morgan fingerprint density at radius 1 is 1.32 bits per heavy atom. The van der Waals surface area contributed by atoms with Gasteiger partial charge in [-0.3, -0.25) is 4.79 Å². The van der Waals surface area contributed by atoms with Crippen LogP contribution in [0.3, 0.4) is 0 Å². The minimum atomic E-state index is -0.714. The van der Waals surface area contributed by atoms with E-state index in [9.17, 15) is 4.79 Å². The van der Waals surface area contributed by atoms with E-state index in [1.807, 2.05) is 31.2 Å². The van der Waals surface area contributed by atoms with E-state index >= 15 is 0 Å². The van der Waals surface area contributed by atoms with E-state index in [0.29, 0.717) is 6.61 Å². The number of carbonyl (C=O) groups is 1. The molecule has 0 aromatic heterocycles. The third-order valence-corrected chi connectivity index (χ3v) is 3.93. The van der Waals surface area contributed by atoms with Gasteiger partial charge in [0.1, 0.15) is 12.1 Å². The lowest BCUT2D eigenvalue weighted by molar-refractivity contribution is -0.152. The standard InChI is InChI=1S/C17H23NO3.ClH/c1-3-15-12(2)21-17(19)16(18)11-20-10-14(15)9-13-7-5-4-6-8-13;/h3-8,12,14-16H,1,9-11,18H2,2H3;1H/t12-,14-,15-,16-;/m0./s1. The van der Waals surface area contributed by atoms with Crippen molar-refractivity contribution < 1.29 is 14.3 Å².